The molecule has 0 aromatic heterocycles. The summed E-state index contributed by atoms with van der Waals surface area (Å²) in [5, 5.41) is 9.42. The van der Waals surface area contributed by atoms with Gasteiger partial charge in [-0.05, 0) is 61.3 Å². The number of piperazine rings is 1. The molecule has 35 heavy (non-hydrogen) atoms. The summed E-state index contributed by atoms with van der Waals surface area (Å²) in [4.78, 5) is 38.0. The van der Waals surface area contributed by atoms with Gasteiger partial charge in [0.2, 0.25) is 11.8 Å². The number of nitrogens with two attached hydrogens (primary N) is 1. The highest BCUT2D eigenvalue weighted by Gasteiger charge is 2.56. The van der Waals surface area contributed by atoms with E-state index >= 15 is 0 Å². The van der Waals surface area contributed by atoms with Crippen molar-refractivity contribution in [3.8, 4) is 6.07 Å². The van der Waals surface area contributed by atoms with Gasteiger partial charge >= 0.3 is 0 Å². The number of aryl methyl sites for hydroxylation is 1. The van der Waals surface area contributed by atoms with E-state index in [0.717, 1.165) is 55.6 Å². The lowest BCUT2D eigenvalue weighted by Crippen LogP contribution is -2.57. The molecule has 10 nitrogen and oxygen atoms in total. The first kappa shape index (κ1) is 23.2. The number of nitrogens with zero attached hydrogens (tertiary/aromatic N) is 4. The Morgan fingerprint density at radius 3 is 2.97 bits per heavy atom. The van der Waals surface area contributed by atoms with Crippen LogP contribution in [0.15, 0.2) is 23.1 Å². The monoisotopic (exact) mass is 498 g/mol. The summed E-state index contributed by atoms with van der Waals surface area (Å²) in [5.74, 6) is 0.462. The number of piperidine rings is 1. The molecule has 1 unspecified atom stereocenters. The van der Waals surface area contributed by atoms with Gasteiger partial charge in [-0.1, -0.05) is 6.07 Å². The minimum absolute atomic E-state index is 0.0891. The Balaban J connectivity index is 1.09. The van der Waals surface area contributed by atoms with Gasteiger partial charge in [0.05, 0.1) is 36.2 Å². The fraction of sp³-hybridized carbons (Fsp3) is 0.625. The van der Waals surface area contributed by atoms with Crippen LogP contribution in [0.3, 0.4) is 0 Å². The highest BCUT2D eigenvalue weighted by molar-refractivity contribution is 7.94. The third-order valence-corrected chi connectivity index (χ3v) is 8.90. The number of carbonyl (C=O) groups is 2. The van der Waals surface area contributed by atoms with Crippen molar-refractivity contribution in [2.24, 2.45) is 11.7 Å². The topological polar surface area (TPSA) is 124 Å². The van der Waals surface area contributed by atoms with Gasteiger partial charge < -0.3 is 15.5 Å². The standard InChI is InChI=1S/C24H30N6O4S/c1-27-33-34-35-17-3-4-18-13(7-17)2-5-20(18)30-16-9-22(24(30)32)28(11-16)12-19(26)23(31)29-15(10-25)6-14-8-21(14)29/h3-4,7,14-16,19-22,27H,2,5-6,8-9,11-12,26H2,1H3/t14-,15+,16?,19+,20+,21+,22-/m1/s1. The molecule has 7 atom stereocenters. The highest BCUT2D eigenvalue weighted by atomic mass is 32.2. The summed E-state index contributed by atoms with van der Waals surface area (Å²) in [5.41, 5.74) is 11.2. The summed E-state index contributed by atoms with van der Waals surface area (Å²) < 4.78 is 5.01. The van der Waals surface area contributed by atoms with E-state index in [1.54, 1.807) is 11.9 Å². The molecule has 2 bridgehead atoms. The third-order valence-electron chi connectivity index (χ3n) is 8.31. The number of nitriles is 1. The summed E-state index contributed by atoms with van der Waals surface area (Å²) >= 11 is 1.15. The fourth-order valence-electron chi connectivity index (χ4n) is 6.71. The maximum atomic E-state index is 13.4. The molecule has 11 heteroatoms. The summed E-state index contributed by atoms with van der Waals surface area (Å²) in [6.07, 6.45) is 4.37. The van der Waals surface area contributed by atoms with Gasteiger partial charge in [0.1, 0.15) is 6.04 Å². The van der Waals surface area contributed by atoms with E-state index in [9.17, 15) is 14.9 Å². The molecule has 2 aliphatic carbocycles. The van der Waals surface area contributed by atoms with Crippen LogP contribution in [0.1, 0.15) is 42.9 Å². The molecule has 0 spiro atoms. The van der Waals surface area contributed by atoms with Crippen LogP contribution in [0.25, 0.3) is 0 Å². The Labute approximate surface area is 208 Å². The smallest absolute Gasteiger partial charge is 0.242 e. The predicted molar refractivity (Wildman–Crippen MR) is 126 cm³/mol. The Hall–Kier alpha value is -2.20. The van der Waals surface area contributed by atoms with Crippen molar-refractivity contribution in [1.82, 2.24) is 20.2 Å². The maximum absolute atomic E-state index is 13.4. The quantitative estimate of drug-likeness (QED) is 0.233. The lowest BCUT2D eigenvalue weighted by atomic mass is 10.1. The first-order valence-electron chi connectivity index (χ1n) is 12.3. The van der Waals surface area contributed by atoms with Crippen molar-refractivity contribution in [2.45, 2.75) is 73.3 Å². The van der Waals surface area contributed by atoms with Crippen LogP contribution >= 0.6 is 12.0 Å². The van der Waals surface area contributed by atoms with E-state index in [1.165, 1.54) is 11.1 Å². The Kier molecular flexibility index (Phi) is 5.99. The minimum Gasteiger partial charge on any atom is -0.330 e. The Morgan fingerprint density at radius 1 is 1.34 bits per heavy atom. The molecule has 0 radical (unpaired) electrons. The first-order chi connectivity index (χ1) is 17.0. The maximum Gasteiger partial charge on any atom is 0.242 e. The van der Waals surface area contributed by atoms with Gasteiger partial charge in [-0.15, -0.1) is 9.32 Å². The van der Waals surface area contributed by atoms with E-state index in [1.807, 2.05) is 6.07 Å². The second-order valence-electron chi connectivity index (χ2n) is 10.3. The van der Waals surface area contributed by atoms with Crippen molar-refractivity contribution >= 4 is 23.9 Å². The van der Waals surface area contributed by atoms with Crippen LogP contribution in [0.2, 0.25) is 0 Å². The fourth-order valence-corrected chi connectivity index (χ4v) is 7.21. The number of rotatable bonds is 8. The highest BCUT2D eigenvalue weighted by Crippen LogP contribution is 2.48. The second-order valence-corrected chi connectivity index (χ2v) is 11.0. The van der Waals surface area contributed by atoms with Crippen molar-refractivity contribution in [3.63, 3.8) is 0 Å². The molecule has 6 rings (SSSR count). The molecule has 3 N–H and O–H groups in total. The van der Waals surface area contributed by atoms with Gasteiger partial charge in [-0.3, -0.25) is 14.5 Å². The predicted octanol–water partition coefficient (Wildman–Crippen LogP) is 0.889. The Morgan fingerprint density at radius 2 is 2.20 bits per heavy atom. The molecule has 5 aliphatic rings. The molecule has 3 aliphatic heterocycles. The van der Waals surface area contributed by atoms with Crippen molar-refractivity contribution in [1.29, 1.82) is 5.26 Å². The molecule has 3 saturated heterocycles. The Bertz CT molecular complexity index is 1080. The number of hydrogen-bond donors (Lipinski definition) is 2. The molecule has 186 valence electrons. The average molecular weight is 499 g/mol. The summed E-state index contributed by atoms with van der Waals surface area (Å²) in [6.45, 7) is 1.10. The van der Waals surface area contributed by atoms with Gasteiger partial charge in [0, 0.05) is 37.1 Å². The van der Waals surface area contributed by atoms with Crippen molar-refractivity contribution in [3.05, 3.63) is 29.3 Å². The number of hydroxylamine groups is 1. The molecule has 2 amide bonds. The van der Waals surface area contributed by atoms with Crippen LogP contribution in [0.5, 0.6) is 0 Å². The molecule has 3 heterocycles. The lowest BCUT2D eigenvalue weighted by Gasteiger charge is -2.38. The van der Waals surface area contributed by atoms with Crippen LogP contribution < -0.4 is 11.2 Å². The third kappa shape index (κ3) is 3.93. The van der Waals surface area contributed by atoms with E-state index in [2.05, 4.69) is 33.5 Å². The van der Waals surface area contributed by atoms with Crippen molar-refractivity contribution < 1.29 is 18.9 Å². The minimum atomic E-state index is -0.706. The van der Waals surface area contributed by atoms with E-state index < -0.39 is 6.04 Å². The zero-order chi connectivity index (χ0) is 24.3. The molecule has 1 aromatic carbocycles. The average Bonchev–Trinajstić information content (AvgIpc) is 3.18. The van der Waals surface area contributed by atoms with Crippen LogP contribution in [0, 0.1) is 17.2 Å². The van der Waals surface area contributed by atoms with Gasteiger partial charge in [-0.25, -0.2) is 0 Å². The normalized spacial score (nSPS) is 33.7. The van der Waals surface area contributed by atoms with Gasteiger partial charge in [0.15, 0.2) is 0 Å². The van der Waals surface area contributed by atoms with Crippen LogP contribution in [-0.4, -0.2) is 76.9 Å². The van der Waals surface area contributed by atoms with Gasteiger partial charge in [0.25, 0.3) is 0 Å². The molecule has 1 saturated carbocycles. The number of fused-ring (bicyclic) bond motifs is 4. The van der Waals surface area contributed by atoms with Crippen molar-refractivity contribution in [2.75, 3.05) is 20.1 Å². The van der Waals surface area contributed by atoms with Crippen LogP contribution in [0.4, 0.5) is 0 Å². The molecular formula is C24H30N6O4S. The largest absolute Gasteiger partial charge is 0.330 e. The number of benzene rings is 1. The number of nitrogens with one attached hydrogen (secondary N) is 1. The van der Waals surface area contributed by atoms with E-state index in [4.69, 9.17) is 15.1 Å². The summed E-state index contributed by atoms with van der Waals surface area (Å²) in [7, 11) is 1.63. The lowest BCUT2D eigenvalue weighted by molar-refractivity contribution is -0.237. The number of amides is 2. The molecular weight excluding hydrogens is 468 g/mol. The van der Waals surface area contributed by atoms with Crippen LogP contribution in [-0.2, 0) is 25.3 Å². The zero-order valence-electron chi connectivity index (χ0n) is 19.6. The number of carbonyl (C=O) groups excluding carboxylic acids is 2. The second kappa shape index (κ2) is 9.03. The van der Waals surface area contributed by atoms with E-state index in [0.29, 0.717) is 12.5 Å². The first-order valence-corrected chi connectivity index (χ1v) is 13.1. The number of hydrogen-bond acceptors (Lipinski definition) is 9. The number of likely N-dealkylation sites (tertiary alicyclic amines) is 3. The SMILES string of the molecule is CNOOSc1ccc2c(c1)CC[C@@H]2N1C(=O)[C@H]2CC1CN2C[C@H](N)C(=O)N1[C@H](C#N)C[C@@H]2C[C@@H]21. The zero-order valence-corrected chi connectivity index (χ0v) is 20.4. The molecule has 4 fully saturated rings. The van der Waals surface area contributed by atoms with Gasteiger partial charge in [-0.2, -0.15) is 10.7 Å². The summed E-state index contributed by atoms with van der Waals surface area (Å²) in [6, 6.07) is 7.59. The molecule has 1 aromatic rings. The van der Waals surface area contributed by atoms with E-state index in [-0.39, 0.29) is 42.0 Å².